The van der Waals surface area contributed by atoms with Crippen LogP contribution in [0, 0.1) is 0 Å². The van der Waals surface area contributed by atoms with Crippen LogP contribution in [0.1, 0.15) is 44.2 Å². The summed E-state index contributed by atoms with van der Waals surface area (Å²) in [5.41, 5.74) is 2.83. The molecule has 0 amide bonds. The molecule has 0 aliphatic heterocycles. The van der Waals surface area contributed by atoms with E-state index in [1.807, 2.05) is 0 Å². The van der Waals surface area contributed by atoms with Crippen LogP contribution >= 0.6 is 15.9 Å². The first-order chi connectivity index (χ1) is 7.10. The Balaban J connectivity index is 3.19. The maximum atomic E-state index is 5.32. The van der Waals surface area contributed by atoms with E-state index in [-0.39, 0.29) is 0 Å². The smallest absolute Gasteiger partial charge is 0.133 e. The standard InChI is InChI=1S/C13H19BrO/c1-5-6-10-7-13(15-4)12(14)8-11(10)9(2)3/h7-9H,5-6H2,1-4H3. The molecule has 0 atom stereocenters. The normalized spacial score (nSPS) is 10.8. The molecule has 1 aromatic rings. The van der Waals surface area contributed by atoms with Gasteiger partial charge in [0.25, 0.3) is 0 Å². The lowest BCUT2D eigenvalue weighted by molar-refractivity contribution is 0.411. The third kappa shape index (κ3) is 2.97. The maximum Gasteiger partial charge on any atom is 0.133 e. The Hall–Kier alpha value is -0.500. The van der Waals surface area contributed by atoms with Crippen molar-refractivity contribution in [3.05, 3.63) is 27.7 Å². The van der Waals surface area contributed by atoms with Crippen molar-refractivity contribution in [3.8, 4) is 5.75 Å². The zero-order valence-electron chi connectivity index (χ0n) is 9.93. The van der Waals surface area contributed by atoms with E-state index in [2.05, 4.69) is 48.8 Å². The van der Waals surface area contributed by atoms with Crippen LogP contribution < -0.4 is 4.74 Å². The second-order valence-corrected chi connectivity index (χ2v) is 4.94. The molecule has 1 rings (SSSR count). The zero-order chi connectivity index (χ0) is 11.4. The minimum absolute atomic E-state index is 0.564. The highest BCUT2D eigenvalue weighted by Gasteiger charge is 2.10. The monoisotopic (exact) mass is 270 g/mol. The van der Waals surface area contributed by atoms with Crippen molar-refractivity contribution in [1.29, 1.82) is 0 Å². The Labute approximate surface area is 101 Å². The minimum atomic E-state index is 0.564. The summed E-state index contributed by atoms with van der Waals surface area (Å²) in [5, 5.41) is 0. The third-order valence-corrected chi connectivity index (χ3v) is 3.17. The van der Waals surface area contributed by atoms with Gasteiger partial charge >= 0.3 is 0 Å². The molecule has 0 bridgehead atoms. The van der Waals surface area contributed by atoms with Gasteiger partial charge in [-0.2, -0.15) is 0 Å². The second kappa shape index (κ2) is 5.55. The maximum absolute atomic E-state index is 5.32. The van der Waals surface area contributed by atoms with Crippen molar-refractivity contribution in [2.45, 2.75) is 39.5 Å². The molecule has 0 N–H and O–H groups in total. The van der Waals surface area contributed by atoms with Gasteiger partial charge in [-0.05, 0) is 51.5 Å². The molecule has 0 aromatic heterocycles. The van der Waals surface area contributed by atoms with Crippen LogP contribution in [0.15, 0.2) is 16.6 Å². The predicted molar refractivity (Wildman–Crippen MR) is 68.8 cm³/mol. The van der Waals surface area contributed by atoms with Crippen LogP contribution in [0.5, 0.6) is 5.75 Å². The van der Waals surface area contributed by atoms with Crippen molar-refractivity contribution in [2.24, 2.45) is 0 Å². The average Bonchev–Trinajstić information content (AvgIpc) is 2.20. The van der Waals surface area contributed by atoms with Crippen LogP contribution in [0.4, 0.5) is 0 Å². The summed E-state index contributed by atoms with van der Waals surface area (Å²) in [6.07, 6.45) is 2.29. The van der Waals surface area contributed by atoms with Gasteiger partial charge in [-0.15, -0.1) is 0 Å². The number of benzene rings is 1. The van der Waals surface area contributed by atoms with E-state index < -0.39 is 0 Å². The van der Waals surface area contributed by atoms with Gasteiger partial charge in [0.15, 0.2) is 0 Å². The SMILES string of the molecule is CCCc1cc(OC)c(Br)cc1C(C)C. The Bertz CT molecular complexity index is 332. The van der Waals surface area contributed by atoms with Crippen LogP contribution in [0.2, 0.25) is 0 Å². The summed E-state index contributed by atoms with van der Waals surface area (Å²) >= 11 is 3.54. The van der Waals surface area contributed by atoms with E-state index in [1.165, 1.54) is 17.5 Å². The van der Waals surface area contributed by atoms with E-state index in [9.17, 15) is 0 Å². The van der Waals surface area contributed by atoms with Crippen molar-refractivity contribution in [1.82, 2.24) is 0 Å². The first kappa shape index (κ1) is 12.6. The number of rotatable bonds is 4. The van der Waals surface area contributed by atoms with E-state index in [4.69, 9.17) is 4.74 Å². The van der Waals surface area contributed by atoms with Crippen molar-refractivity contribution in [3.63, 3.8) is 0 Å². The fourth-order valence-electron chi connectivity index (χ4n) is 1.79. The van der Waals surface area contributed by atoms with Crippen molar-refractivity contribution < 1.29 is 4.74 Å². The Kier molecular flexibility index (Phi) is 4.65. The van der Waals surface area contributed by atoms with E-state index in [0.29, 0.717) is 5.92 Å². The molecular weight excluding hydrogens is 252 g/mol. The lowest BCUT2D eigenvalue weighted by atomic mass is 9.94. The molecule has 0 spiro atoms. The van der Waals surface area contributed by atoms with E-state index >= 15 is 0 Å². The molecule has 2 heteroatoms. The minimum Gasteiger partial charge on any atom is -0.496 e. The molecule has 0 fully saturated rings. The van der Waals surface area contributed by atoms with Gasteiger partial charge in [0.05, 0.1) is 11.6 Å². The van der Waals surface area contributed by atoms with E-state index in [1.54, 1.807) is 7.11 Å². The highest BCUT2D eigenvalue weighted by atomic mass is 79.9. The van der Waals surface area contributed by atoms with Crippen molar-refractivity contribution >= 4 is 15.9 Å². The molecule has 0 aliphatic carbocycles. The summed E-state index contributed by atoms with van der Waals surface area (Å²) in [6, 6.07) is 4.34. The topological polar surface area (TPSA) is 9.23 Å². The lowest BCUT2D eigenvalue weighted by Crippen LogP contribution is -1.98. The molecule has 1 nitrogen and oxygen atoms in total. The Morgan fingerprint density at radius 2 is 2.00 bits per heavy atom. The van der Waals surface area contributed by atoms with Gasteiger partial charge in [-0.25, -0.2) is 0 Å². The highest BCUT2D eigenvalue weighted by molar-refractivity contribution is 9.10. The summed E-state index contributed by atoms with van der Waals surface area (Å²) in [5.74, 6) is 1.50. The summed E-state index contributed by atoms with van der Waals surface area (Å²) in [7, 11) is 1.71. The average molecular weight is 271 g/mol. The van der Waals surface area contributed by atoms with Gasteiger partial charge in [-0.1, -0.05) is 27.2 Å². The summed E-state index contributed by atoms with van der Waals surface area (Å²) in [6.45, 7) is 6.67. The molecule has 84 valence electrons. The second-order valence-electron chi connectivity index (χ2n) is 4.09. The number of aryl methyl sites for hydroxylation is 1. The largest absolute Gasteiger partial charge is 0.496 e. The van der Waals surface area contributed by atoms with Gasteiger partial charge in [0.1, 0.15) is 5.75 Å². The van der Waals surface area contributed by atoms with Crippen LogP contribution in [0.3, 0.4) is 0 Å². The van der Waals surface area contributed by atoms with Crippen LogP contribution in [0.25, 0.3) is 0 Å². The molecule has 0 saturated heterocycles. The molecule has 0 heterocycles. The third-order valence-electron chi connectivity index (χ3n) is 2.55. The number of hydrogen-bond acceptors (Lipinski definition) is 1. The fraction of sp³-hybridized carbons (Fsp3) is 0.538. The first-order valence-corrected chi connectivity index (χ1v) is 6.25. The molecule has 1 aromatic carbocycles. The molecule has 0 radical (unpaired) electrons. The quantitative estimate of drug-likeness (QED) is 0.781. The van der Waals surface area contributed by atoms with Gasteiger partial charge < -0.3 is 4.74 Å². The Morgan fingerprint density at radius 3 is 2.47 bits per heavy atom. The van der Waals surface area contributed by atoms with Gasteiger partial charge in [0.2, 0.25) is 0 Å². The van der Waals surface area contributed by atoms with Crippen LogP contribution in [-0.4, -0.2) is 7.11 Å². The molecular formula is C13H19BrO. The zero-order valence-corrected chi connectivity index (χ0v) is 11.5. The van der Waals surface area contributed by atoms with Crippen molar-refractivity contribution in [2.75, 3.05) is 7.11 Å². The first-order valence-electron chi connectivity index (χ1n) is 5.46. The molecule has 15 heavy (non-hydrogen) atoms. The van der Waals surface area contributed by atoms with Gasteiger partial charge in [0, 0.05) is 0 Å². The predicted octanol–water partition coefficient (Wildman–Crippen LogP) is 4.53. The Morgan fingerprint density at radius 1 is 1.33 bits per heavy atom. The number of halogens is 1. The summed E-state index contributed by atoms with van der Waals surface area (Å²) in [4.78, 5) is 0. The highest BCUT2D eigenvalue weighted by Crippen LogP contribution is 2.32. The van der Waals surface area contributed by atoms with E-state index in [0.717, 1.165) is 16.6 Å². The molecule has 0 saturated carbocycles. The summed E-state index contributed by atoms with van der Waals surface area (Å²) < 4.78 is 6.37. The fourth-order valence-corrected chi connectivity index (χ4v) is 2.31. The molecule has 0 unspecified atom stereocenters. The number of hydrogen-bond donors (Lipinski definition) is 0. The van der Waals surface area contributed by atoms with Gasteiger partial charge in [-0.3, -0.25) is 0 Å². The lowest BCUT2D eigenvalue weighted by Gasteiger charge is -2.15. The molecule has 0 aliphatic rings. The van der Waals surface area contributed by atoms with Crippen LogP contribution in [-0.2, 0) is 6.42 Å². The number of methoxy groups -OCH3 is 1. The number of ether oxygens (including phenoxy) is 1.